The summed E-state index contributed by atoms with van der Waals surface area (Å²) in [6.45, 7) is 15.5. The maximum atomic E-state index is 4.01. The molecule has 19 heavy (non-hydrogen) atoms. The van der Waals surface area contributed by atoms with Gasteiger partial charge in [0.2, 0.25) is 0 Å². The van der Waals surface area contributed by atoms with Crippen molar-refractivity contribution in [1.82, 2.24) is 4.57 Å². The molecule has 106 valence electrons. The van der Waals surface area contributed by atoms with Crippen molar-refractivity contribution in [2.24, 2.45) is 0 Å². The van der Waals surface area contributed by atoms with Crippen LogP contribution < -0.4 is 5.19 Å². The average Bonchev–Trinajstić information content (AvgIpc) is 2.40. The molecule has 1 aromatic carbocycles. The van der Waals surface area contributed by atoms with E-state index in [1.165, 1.54) is 37.5 Å². The summed E-state index contributed by atoms with van der Waals surface area (Å²) in [6, 6.07) is 10.5. The molecule has 0 N–H and O–H groups in total. The molecule has 0 saturated heterocycles. The summed E-state index contributed by atoms with van der Waals surface area (Å²) in [5.41, 5.74) is 2.42. The molecule has 1 atom stereocenters. The van der Waals surface area contributed by atoms with Gasteiger partial charge in [-0.3, -0.25) is 0 Å². The zero-order valence-corrected chi connectivity index (χ0v) is 14.2. The maximum absolute atomic E-state index is 4.01. The van der Waals surface area contributed by atoms with Crippen molar-refractivity contribution < 1.29 is 0 Å². The van der Waals surface area contributed by atoms with E-state index in [9.17, 15) is 0 Å². The highest BCUT2D eigenvalue weighted by Gasteiger charge is 2.19. The standard InChI is InChI=1S/C17H29NSi/c1-6-13-18(14-7-2)19(8-3)17-11-9-16(10-12-17)15(4)5/h9-12,19H,4,6-8,13-14H2,1-3,5H3. The summed E-state index contributed by atoms with van der Waals surface area (Å²) in [5.74, 6) is 0. The van der Waals surface area contributed by atoms with Crippen LogP contribution >= 0.6 is 0 Å². The topological polar surface area (TPSA) is 3.24 Å². The fourth-order valence-corrected chi connectivity index (χ4v) is 5.88. The van der Waals surface area contributed by atoms with Gasteiger partial charge in [-0.15, -0.1) is 0 Å². The van der Waals surface area contributed by atoms with Crippen LogP contribution in [0.2, 0.25) is 6.04 Å². The Balaban J connectivity index is 2.90. The Morgan fingerprint density at radius 1 is 1.05 bits per heavy atom. The van der Waals surface area contributed by atoms with Crippen molar-refractivity contribution in [1.29, 1.82) is 0 Å². The van der Waals surface area contributed by atoms with Gasteiger partial charge in [-0.25, -0.2) is 0 Å². The van der Waals surface area contributed by atoms with Gasteiger partial charge in [-0.2, -0.15) is 0 Å². The van der Waals surface area contributed by atoms with E-state index in [0.717, 1.165) is 5.57 Å². The Hall–Kier alpha value is -0.863. The van der Waals surface area contributed by atoms with Crippen molar-refractivity contribution in [2.75, 3.05) is 13.1 Å². The van der Waals surface area contributed by atoms with Gasteiger partial charge >= 0.3 is 0 Å². The fraction of sp³-hybridized carbons (Fsp3) is 0.529. The lowest BCUT2D eigenvalue weighted by Gasteiger charge is -2.30. The highest BCUT2D eigenvalue weighted by molar-refractivity contribution is 6.70. The SMILES string of the molecule is C=C(C)c1ccc([SiH](CC)N(CCC)CCC)cc1. The molecule has 1 rings (SSSR count). The van der Waals surface area contributed by atoms with Crippen molar-refractivity contribution in [3.8, 4) is 0 Å². The van der Waals surface area contributed by atoms with E-state index in [-0.39, 0.29) is 0 Å². The minimum absolute atomic E-state index is 0.970. The predicted octanol–water partition coefficient (Wildman–Crippen LogP) is 3.79. The van der Waals surface area contributed by atoms with E-state index in [1.807, 2.05) is 0 Å². The van der Waals surface area contributed by atoms with Crippen molar-refractivity contribution >= 4 is 19.7 Å². The third-order valence-corrected chi connectivity index (χ3v) is 6.96. The number of rotatable bonds is 8. The first-order valence-corrected chi connectivity index (χ1v) is 9.54. The molecule has 0 fully saturated rings. The van der Waals surface area contributed by atoms with Crippen molar-refractivity contribution in [3.63, 3.8) is 0 Å². The molecule has 1 nitrogen and oxygen atoms in total. The van der Waals surface area contributed by atoms with Crippen LogP contribution in [0.5, 0.6) is 0 Å². The molecule has 0 radical (unpaired) electrons. The average molecular weight is 276 g/mol. The lowest BCUT2D eigenvalue weighted by atomic mass is 10.1. The predicted molar refractivity (Wildman–Crippen MR) is 90.6 cm³/mol. The quantitative estimate of drug-likeness (QED) is 0.652. The second-order valence-corrected chi connectivity index (χ2v) is 8.61. The van der Waals surface area contributed by atoms with Crippen LogP contribution in [0.25, 0.3) is 5.57 Å². The van der Waals surface area contributed by atoms with Crippen LogP contribution in [0, 0.1) is 0 Å². The van der Waals surface area contributed by atoms with Crippen LogP contribution in [0.3, 0.4) is 0 Å². The summed E-state index contributed by atoms with van der Waals surface area (Å²) in [7, 11) is -0.970. The highest BCUT2D eigenvalue weighted by Crippen LogP contribution is 2.11. The van der Waals surface area contributed by atoms with Crippen molar-refractivity contribution in [3.05, 3.63) is 36.4 Å². The van der Waals surface area contributed by atoms with E-state index in [1.54, 1.807) is 5.19 Å². The summed E-state index contributed by atoms with van der Waals surface area (Å²) in [4.78, 5) is 0. The maximum Gasteiger partial charge on any atom is 0.143 e. The van der Waals surface area contributed by atoms with E-state index in [0.29, 0.717) is 0 Å². The monoisotopic (exact) mass is 275 g/mol. The second kappa shape index (κ2) is 8.34. The molecular weight excluding hydrogens is 246 g/mol. The van der Waals surface area contributed by atoms with Gasteiger partial charge in [0.1, 0.15) is 8.96 Å². The molecule has 0 heterocycles. The summed E-state index contributed by atoms with van der Waals surface area (Å²) < 4.78 is 2.76. The van der Waals surface area contributed by atoms with E-state index < -0.39 is 8.96 Å². The molecule has 1 unspecified atom stereocenters. The number of hydrogen-bond acceptors (Lipinski definition) is 1. The van der Waals surface area contributed by atoms with Crippen LogP contribution in [0.1, 0.15) is 46.1 Å². The van der Waals surface area contributed by atoms with E-state index >= 15 is 0 Å². The Bertz CT molecular complexity index is 377. The first kappa shape index (κ1) is 16.2. The second-order valence-electron chi connectivity index (χ2n) is 5.36. The Labute approximate surface area is 121 Å². The number of benzene rings is 1. The van der Waals surface area contributed by atoms with Crippen LogP contribution in [-0.4, -0.2) is 26.6 Å². The Morgan fingerprint density at radius 2 is 1.58 bits per heavy atom. The summed E-state index contributed by atoms with van der Waals surface area (Å²) in [5, 5.41) is 1.58. The van der Waals surface area contributed by atoms with Crippen LogP contribution in [-0.2, 0) is 0 Å². The molecular formula is C17H29NSi. The lowest BCUT2D eigenvalue weighted by Crippen LogP contribution is -2.48. The van der Waals surface area contributed by atoms with Gasteiger partial charge in [0.15, 0.2) is 0 Å². The third kappa shape index (κ3) is 4.63. The Kier molecular flexibility index (Phi) is 7.10. The first-order valence-electron chi connectivity index (χ1n) is 7.63. The van der Waals surface area contributed by atoms with Gasteiger partial charge in [-0.05, 0) is 49.6 Å². The van der Waals surface area contributed by atoms with Gasteiger partial charge in [0, 0.05) is 0 Å². The van der Waals surface area contributed by atoms with Gasteiger partial charge in [0.25, 0.3) is 0 Å². The van der Waals surface area contributed by atoms with Gasteiger partial charge in [-0.1, -0.05) is 57.2 Å². The summed E-state index contributed by atoms with van der Waals surface area (Å²) >= 11 is 0. The first-order chi connectivity index (χ1) is 9.13. The molecule has 1 aromatic rings. The molecule has 2 heteroatoms. The van der Waals surface area contributed by atoms with Gasteiger partial charge < -0.3 is 4.57 Å². The zero-order valence-electron chi connectivity index (χ0n) is 13.1. The number of allylic oxidation sites excluding steroid dienone is 1. The molecule has 0 saturated carbocycles. The van der Waals surface area contributed by atoms with Crippen LogP contribution in [0.4, 0.5) is 0 Å². The summed E-state index contributed by atoms with van der Waals surface area (Å²) in [6.07, 6.45) is 2.51. The highest BCUT2D eigenvalue weighted by atomic mass is 28.3. The smallest absolute Gasteiger partial charge is 0.143 e. The fourth-order valence-electron chi connectivity index (χ4n) is 2.69. The minimum atomic E-state index is -0.970. The number of nitrogens with zero attached hydrogens (tertiary/aromatic N) is 1. The van der Waals surface area contributed by atoms with E-state index in [2.05, 4.69) is 63.1 Å². The molecule has 0 spiro atoms. The molecule has 0 aliphatic heterocycles. The van der Waals surface area contributed by atoms with E-state index in [4.69, 9.17) is 0 Å². The normalized spacial score (nSPS) is 12.7. The molecule has 0 aromatic heterocycles. The minimum Gasteiger partial charge on any atom is -0.322 e. The molecule has 0 bridgehead atoms. The number of hydrogen-bond donors (Lipinski definition) is 0. The largest absolute Gasteiger partial charge is 0.322 e. The third-order valence-electron chi connectivity index (χ3n) is 3.64. The lowest BCUT2D eigenvalue weighted by molar-refractivity contribution is 0.433. The van der Waals surface area contributed by atoms with Crippen molar-refractivity contribution in [2.45, 2.75) is 46.6 Å². The molecule has 0 amide bonds. The Morgan fingerprint density at radius 3 is 1.95 bits per heavy atom. The zero-order chi connectivity index (χ0) is 14.3. The van der Waals surface area contributed by atoms with Gasteiger partial charge in [0.05, 0.1) is 0 Å². The van der Waals surface area contributed by atoms with Crippen LogP contribution in [0.15, 0.2) is 30.8 Å². The molecule has 0 aliphatic rings. The molecule has 0 aliphatic carbocycles.